The maximum Gasteiger partial charge on any atom is 0.235 e. The van der Waals surface area contributed by atoms with E-state index in [-0.39, 0.29) is 0 Å². The molecule has 0 atom stereocenters. The van der Waals surface area contributed by atoms with Crippen molar-refractivity contribution in [1.29, 1.82) is 0 Å². The lowest BCUT2D eigenvalue weighted by atomic mass is 9.86. The highest BCUT2D eigenvalue weighted by Gasteiger charge is 2.39. The molecule has 0 bridgehead atoms. The van der Waals surface area contributed by atoms with Gasteiger partial charge in [0.2, 0.25) is 6.08 Å². The first-order valence-corrected chi connectivity index (χ1v) is 7.04. The second-order valence-corrected chi connectivity index (χ2v) is 5.24. The van der Waals surface area contributed by atoms with E-state index in [0.29, 0.717) is 12.4 Å². The number of isocyanates is 1. The molecule has 21 heavy (non-hydrogen) atoms. The molecule has 0 N–H and O–H groups in total. The Morgan fingerprint density at radius 1 is 1.19 bits per heavy atom. The van der Waals surface area contributed by atoms with E-state index in [1.54, 1.807) is 27.4 Å². The molecule has 0 unspecified atom stereocenters. The monoisotopic (exact) mass is 291 g/mol. The quantitative estimate of drug-likeness (QED) is 0.597. The van der Waals surface area contributed by atoms with E-state index in [9.17, 15) is 4.79 Å². The minimum absolute atomic E-state index is 0.411. The van der Waals surface area contributed by atoms with Crippen molar-refractivity contribution in [3.63, 3.8) is 0 Å². The number of rotatable bonds is 6. The molecule has 1 saturated carbocycles. The molecule has 5 heteroatoms. The van der Waals surface area contributed by atoms with Gasteiger partial charge in [-0.2, -0.15) is 4.99 Å². The highest BCUT2D eigenvalue weighted by atomic mass is 16.5. The first kappa shape index (κ1) is 15.5. The number of benzene rings is 1. The summed E-state index contributed by atoms with van der Waals surface area (Å²) < 4.78 is 16.2. The van der Waals surface area contributed by atoms with Crippen molar-refractivity contribution in [2.24, 2.45) is 4.99 Å². The third kappa shape index (κ3) is 2.94. The van der Waals surface area contributed by atoms with Gasteiger partial charge in [-0.1, -0.05) is 12.8 Å². The minimum Gasteiger partial charge on any atom is -0.497 e. The molecule has 0 saturated heterocycles. The number of carbonyl (C=O) groups excluding carboxylic acids is 1. The van der Waals surface area contributed by atoms with Gasteiger partial charge in [-0.15, -0.1) is 0 Å². The fraction of sp³-hybridized carbons (Fsp3) is 0.562. The van der Waals surface area contributed by atoms with Crippen LogP contribution >= 0.6 is 0 Å². The van der Waals surface area contributed by atoms with Crippen LogP contribution in [0, 0.1) is 0 Å². The SMILES string of the molecule is COCc1cc(OC)cc(C2(N=C=O)CCCC2)c1OC. The van der Waals surface area contributed by atoms with Gasteiger partial charge in [0, 0.05) is 18.2 Å². The van der Waals surface area contributed by atoms with Crippen LogP contribution in [0.3, 0.4) is 0 Å². The topological polar surface area (TPSA) is 57.1 Å². The molecule has 0 spiro atoms. The first-order chi connectivity index (χ1) is 10.2. The fourth-order valence-corrected chi connectivity index (χ4v) is 3.12. The second kappa shape index (κ2) is 6.74. The van der Waals surface area contributed by atoms with E-state index in [4.69, 9.17) is 14.2 Å². The molecule has 0 aliphatic heterocycles. The van der Waals surface area contributed by atoms with E-state index in [1.807, 2.05) is 12.1 Å². The first-order valence-electron chi connectivity index (χ1n) is 7.04. The number of hydrogen-bond acceptors (Lipinski definition) is 5. The van der Waals surface area contributed by atoms with E-state index < -0.39 is 5.54 Å². The van der Waals surface area contributed by atoms with Crippen LogP contribution in [0.15, 0.2) is 17.1 Å². The van der Waals surface area contributed by atoms with Gasteiger partial charge in [0.05, 0.1) is 20.8 Å². The van der Waals surface area contributed by atoms with Crippen molar-refractivity contribution in [3.8, 4) is 11.5 Å². The lowest BCUT2D eigenvalue weighted by molar-refractivity contribution is 0.180. The van der Waals surface area contributed by atoms with E-state index in [0.717, 1.165) is 42.6 Å². The van der Waals surface area contributed by atoms with Gasteiger partial charge in [-0.3, -0.25) is 0 Å². The van der Waals surface area contributed by atoms with Gasteiger partial charge in [0.15, 0.2) is 0 Å². The Morgan fingerprint density at radius 2 is 1.90 bits per heavy atom. The maximum absolute atomic E-state index is 10.9. The highest BCUT2D eigenvalue weighted by molar-refractivity contribution is 5.52. The molecule has 1 aromatic rings. The predicted octanol–water partition coefficient (Wildman–Crippen LogP) is 2.96. The Balaban J connectivity index is 2.64. The summed E-state index contributed by atoms with van der Waals surface area (Å²) in [5.41, 5.74) is 1.23. The largest absolute Gasteiger partial charge is 0.497 e. The van der Waals surface area contributed by atoms with E-state index >= 15 is 0 Å². The standard InChI is InChI=1S/C16H21NO4/c1-19-10-12-8-13(20-2)9-14(15(12)21-3)16(17-11-18)6-4-5-7-16/h8-9H,4-7,10H2,1-3H3. The number of hydrogen-bond donors (Lipinski definition) is 0. The normalized spacial score (nSPS) is 16.3. The summed E-state index contributed by atoms with van der Waals surface area (Å²) in [6.07, 6.45) is 5.44. The predicted molar refractivity (Wildman–Crippen MR) is 78.5 cm³/mol. The fourth-order valence-electron chi connectivity index (χ4n) is 3.12. The molecular weight excluding hydrogens is 270 g/mol. The van der Waals surface area contributed by atoms with Crippen LogP contribution in [0.4, 0.5) is 0 Å². The van der Waals surface area contributed by atoms with Gasteiger partial charge in [0.25, 0.3) is 0 Å². The number of aliphatic imine (C=N–C) groups is 1. The van der Waals surface area contributed by atoms with Crippen LogP contribution in [0.5, 0.6) is 11.5 Å². The van der Waals surface area contributed by atoms with Crippen molar-refractivity contribution in [2.45, 2.75) is 37.8 Å². The summed E-state index contributed by atoms with van der Waals surface area (Å²) >= 11 is 0. The molecular formula is C16H21NO4. The minimum atomic E-state index is -0.551. The van der Waals surface area contributed by atoms with Crippen molar-refractivity contribution >= 4 is 6.08 Å². The number of methoxy groups -OCH3 is 3. The number of ether oxygens (including phenoxy) is 3. The Kier molecular flexibility index (Phi) is 4.99. The molecule has 2 rings (SSSR count). The molecule has 1 aliphatic rings. The van der Waals surface area contributed by atoms with Gasteiger partial charge in [-0.25, -0.2) is 4.79 Å². The summed E-state index contributed by atoms with van der Waals surface area (Å²) in [6.45, 7) is 0.411. The average molecular weight is 291 g/mol. The Labute approximate surface area is 124 Å². The third-order valence-electron chi connectivity index (χ3n) is 4.07. The molecule has 0 heterocycles. The molecule has 1 aromatic carbocycles. The van der Waals surface area contributed by atoms with Gasteiger partial charge in [0.1, 0.15) is 17.0 Å². The van der Waals surface area contributed by atoms with Crippen molar-refractivity contribution in [1.82, 2.24) is 0 Å². The van der Waals surface area contributed by atoms with Crippen LogP contribution in [-0.2, 0) is 21.7 Å². The summed E-state index contributed by atoms with van der Waals surface area (Å²) in [5, 5.41) is 0. The van der Waals surface area contributed by atoms with Crippen molar-refractivity contribution in [2.75, 3.05) is 21.3 Å². The average Bonchev–Trinajstić information content (AvgIpc) is 2.97. The number of nitrogens with zero attached hydrogens (tertiary/aromatic N) is 1. The summed E-state index contributed by atoms with van der Waals surface area (Å²) in [6, 6.07) is 3.79. The lowest BCUT2D eigenvalue weighted by Crippen LogP contribution is -2.21. The second-order valence-electron chi connectivity index (χ2n) is 5.24. The Bertz CT molecular complexity index is 543. The van der Waals surface area contributed by atoms with Gasteiger partial charge in [-0.05, 0) is 25.0 Å². The zero-order valence-electron chi connectivity index (χ0n) is 12.8. The molecule has 5 nitrogen and oxygen atoms in total. The molecule has 114 valence electrons. The van der Waals surface area contributed by atoms with Crippen molar-refractivity contribution < 1.29 is 19.0 Å². The molecule has 0 amide bonds. The smallest absolute Gasteiger partial charge is 0.235 e. The van der Waals surface area contributed by atoms with Gasteiger partial charge >= 0.3 is 0 Å². The van der Waals surface area contributed by atoms with Crippen molar-refractivity contribution in [3.05, 3.63) is 23.3 Å². The van der Waals surface area contributed by atoms with E-state index in [1.165, 1.54) is 0 Å². The summed E-state index contributed by atoms with van der Waals surface area (Å²) in [5.74, 6) is 1.43. The Hall–Kier alpha value is -1.84. The lowest BCUT2D eigenvalue weighted by Gasteiger charge is -2.27. The summed E-state index contributed by atoms with van der Waals surface area (Å²) in [4.78, 5) is 15.0. The zero-order chi connectivity index (χ0) is 15.3. The summed E-state index contributed by atoms with van der Waals surface area (Å²) in [7, 11) is 4.87. The molecule has 1 aliphatic carbocycles. The van der Waals surface area contributed by atoms with Crippen LogP contribution in [0.1, 0.15) is 36.8 Å². The Morgan fingerprint density at radius 3 is 2.43 bits per heavy atom. The third-order valence-corrected chi connectivity index (χ3v) is 4.07. The zero-order valence-corrected chi connectivity index (χ0v) is 12.8. The highest BCUT2D eigenvalue weighted by Crippen LogP contribution is 2.48. The van der Waals surface area contributed by atoms with Crippen LogP contribution in [0.2, 0.25) is 0 Å². The molecule has 0 aromatic heterocycles. The van der Waals surface area contributed by atoms with Gasteiger partial charge < -0.3 is 14.2 Å². The molecule has 0 radical (unpaired) electrons. The van der Waals surface area contributed by atoms with Crippen LogP contribution in [0.25, 0.3) is 0 Å². The maximum atomic E-state index is 10.9. The molecule has 1 fully saturated rings. The van der Waals surface area contributed by atoms with Crippen LogP contribution < -0.4 is 9.47 Å². The van der Waals surface area contributed by atoms with Crippen LogP contribution in [-0.4, -0.2) is 27.4 Å². The van der Waals surface area contributed by atoms with E-state index in [2.05, 4.69) is 4.99 Å².